The van der Waals surface area contributed by atoms with Crippen LogP contribution in [0, 0.1) is 11.3 Å². The van der Waals surface area contributed by atoms with E-state index in [4.69, 9.17) is 0 Å². The fourth-order valence-corrected chi connectivity index (χ4v) is 2.11. The lowest BCUT2D eigenvalue weighted by Crippen LogP contribution is -2.21. The molecule has 1 heterocycles. The minimum absolute atomic E-state index is 0.489. The van der Waals surface area contributed by atoms with Crippen LogP contribution in [0.5, 0.6) is 0 Å². The first-order chi connectivity index (χ1) is 5.06. The Hall–Kier alpha value is -0.300. The van der Waals surface area contributed by atoms with E-state index in [9.17, 15) is 0 Å². The predicted molar refractivity (Wildman–Crippen MR) is 49.6 cm³/mol. The summed E-state index contributed by atoms with van der Waals surface area (Å²) >= 11 is 0. The summed E-state index contributed by atoms with van der Waals surface area (Å²) in [6.07, 6.45) is 3.21. The Morgan fingerprint density at radius 3 is 2.64 bits per heavy atom. The number of hydrogen-bond acceptors (Lipinski definition) is 1. The molecule has 1 aliphatic rings. The van der Waals surface area contributed by atoms with Gasteiger partial charge in [-0.15, -0.1) is 6.58 Å². The molecule has 0 aliphatic carbocycles. The molecule has 1 heteroatoms. The van der Waals surface area contributed by atoms with Crippen molar-refractivity contribution < 1.29 is 0 Å². The Morgan fingerprint density at radius 2 is 2.27 bits per heavy atom. The lowest BCUT2D eigenvalue weighted by atomic mass is 9.80. The molecule has 64 valence electrons. The van der Waals surface area contributed by atoms with E-state index in [1.807, 2.05) is 6.08 Å². The predicted octanol–water partition coefficient (Wildman–Crippen LogP) is 2.15. The SMILES string of the molecule is C=CC[C@H]1CN(C)CC1(C)C. The molecule has 1 saturated heterocycles. The standard InChI is InChI=1S/C10H19N/c1-5-6-9-7-11(4)8-10(9,2)3/h5,9H,1,6-8H2,2-4H3/t9-/m0/s1. The Labute approximate surface area is 70.1 Å². The molecular formula is C10H19N. The van der Waals surface area contributed by atoms with Crippen molar-refractivity contribution in [3.8, 4) is 0 Å². The summed E-state index contributed by atoms with van der Waals surface area (Å²) in [5.41, 5.74) is 0.489. The van der Waals surface area contributed by atoms with Crippen molar-refractivity contribution in [2.24, 2.45) is 11.3 Å². The molecule has 0 N–H and O–H groups in total. The van der Waals surface area contributed by atoms with E-state index in [2.05, 4.69) is 32.4 Å². The molecule has 11 heavy (non-hydrogen) atoms. The molecule has 0 aromatic rings. The van der Waals surface area contributed by atoms with Crippen molar-refractivity contribution in [3.05, 3.63) is 12.7 Å². The minimum Gasteiger partial charge on any atom is -0.306 e. The molecule has 0 amide bonds. The van der Waals surface area contributed by atoms with Gasteiger partial charge in [-0.2, -0.15) is 0 Å². The number of hydrogen-bond donors (Lipinski definition) is 0. The van der Waals surface area contributed by atoms with Crippen LogP contribution in [0.4, 0.5) is 0 Å². The van der Waals surface area contributed by atoms with E-state index in [0.29, 0.717) is 5.41 Å². The monoisotopic (exact) mass is 153 g/mol. The second-order valence-corrected chi connectivity index (χ2v) is 4.41. The van der Waals surface area contributed by atoms with E-state index < -0.39 is 0 Å². The van der Waals surface area contributed by atoms with Crippen LogP contribution in [0.2, 0.25) is 0 Å². The highest BCUT2D eigenvalue weighted by Gasteiger charge is 2.36. The van der Waals surface area contributed by atoms with Gasteiger partial charge in [0, 0.05) is 13.1 Å². The summed E-state index contributed by atoms with van der Waals surface area (Å²) in [7, 11) is 2.20. The summed E-state index contributed by atoms with van der Waals surface area (Å²) < 4.78 is 0. The van der Waals surface area contributed by atoms with Crippen LogP contribution in [0.25, 0.3) is 0 Å². The molecule has 0 bridgehead atoms. The van der Waals surface area contributed by atoms with Gasteiger partial charge >= 0.3 is 0 Å². The fourth-order valence-electron chi connectivity index (χ4n) is 2.11. The summed E-state index contributed by atoms with van der Waals surface area (Å²) in [4.78, 5) is 2.41. The van der Waals surface area contributed by atoms with Crippen LogP contribution in [0.1, 0.15) is 20.3 Å². The van der Waals surface area contributed by atoms with Gasteiger partial charge in [0.1, 0.15) is 0 Å². The number of likely N-dealkylation sites (tertiary alicyclic amines) is 1. The molecule has 1 nitrogen and oxygen atoms in total. The second kappa shape index (κ2) is 2.98. The Kier molecular flexibility index (Phi) is 2.38. The highest BCUT2D eigenvalue weighted by atomic mass is 15.1. The third-order valence-corrected chi connectivity index (χ3v) is 2.77. The first kappa shape index (κ1) is 8.79. The van der Waals surface area contributed by atoms with E-state index >= 15 is 0 Å². The van der Waals surface area contributed by atoms with Crippen LogP contribution in [0.15, 0.2) is 12.7 Å². The minimum atomic E-state index is 0.489. The zero-order valence-electron chi connectivity index (χ0n) is 7.93. The molecule has 1 fully saturated rings. The maximum atomic E-state index is 3.80. The first-order valence-electron chi connectivity index (χ1n) is 4.35. The first-order valence-corrected chi connectivity index (χ1v) is 4.35. The molecular weight excluding hydrogens is 134 g/mol. The summed E-state index contributed by atoms with van der Waals surface area (Å²) in [6, 6.07) is 0. The Balaban J connectivity index is 2.58. The molecule has 1 aliphatic heterocycles. The maximum absolute atomic E-state index is 3.80. The van der Waals surface area contributed by atoms with Gasteiger partial charge in [-0.25, -0.2) is 0 Å². The van der Waals surface area contributed by atoms with Gasteiger partial charge in [-0.05, 0) is 24.8 Å². The quantitative estimate of drug-likeness (QED) is 0.549. The number of allylic oxidation sites excluding steroid dienone is 1. The van der Waals surface area contributed by atoms with Crippen LogP contribution >= 0.6 is 0 Å². The van der Waals surface area contributed by atoms with Crippen molar-refractivity contribution in [2.75, 3.05) is 20.1 Å². The lowest BCUT2D eigenvalue weighted by Gasteiger charge is -2.24. The summed E-state index contributed by atoms with van der Waals surface area (Å²) in [5.74, 6) is 0.810. The van der Waals surface area contributed by atoms with E-state index in [0.717, 1.165) is 12.3 Å². The lowest BCUT2D eigenvalue weighted by molar-refractivity contribution is 0.283. The average Bonchev–Trinajstić information content (AvgIpc) is 2.07. The van der Waals surface area contributed by atoms with Gasteiger partial charge in [-0.1, -0.05) is 19.9 Å². The van der Waals surface area contributed by atoms with E-state index in [1.165, 1.54) is 13.1 Å². The summed E-state index contributed by atoms with van der Waals surface area (Å²) in [6.45, 7) is 11.0. The molecule has 0 aromatic heterocycles. The molecule has 1 rings (SSSR count). The Bertz CT molecular complexity index is 149. The van der Waals surface area contributed by atoms with Gasteiger partial charge in [0.15, 0.2) is 0 Å². The zero-order chi connectivity index (χ0) is 8.48. The van der Waals surface area contributed by atoms with Crippen molar-refractivity contribution in [1.29, 1.82) is 0 Å². The molecule has 0 saturated carbocycles. The molecule has 0 radical (unpaired) electrons. The molecule has 0 unspecified atom stereocenters. The van der Waals surface area contributed by atoms with E-state index in [1.54, 1.807) is 0 Å². The van der Waals surface area contributed by atoms with Crippen molar-refractivity contribution >= 4 is 0 Å². The largest absolute Gasteiger partial charge is 0.306 e. The summed E-state index contributed by atoms with van der Waals surface area (Å²) in [5, 5.41) is 0. The molecule has 0 aromatic carbocycles. The fraction of sp³-hybridized carbons (Fsp3) is 0.800. The average molecular weight is 153 g/mol. The zero-order valence-corrected chi connectivity index (χ0v) is 7.93. The Morgan fingerprint density at radius 1 is 1.64 bits per heavy atom. The normalized spacial score (nSPS) is 30.6. The second-order valence-electron chi connectivity index (χ2n) is 4.41. The molecule has 1 atom stereocenters. The smallest absolute Gasteiger partial charge is 0.00330 e. The van der Waals surface area contributed by atoms with Gasteiger partial charge in [0.25, 0.3) is 0 Å². The highest BCUT2D eigenvalue weighted by molar-refractivity contribution is 4.92. The van der Waals surface area contributed by atoms with E-state index in [-0.39, 0.29) is 0 Å². The van der Waals surface area contributed by atoms with Crippen molar-refractivity contribution in [1.82, 2.24) is 4.90 Å². The highest BCUT2D eigenvalue weighted by Crippen LogP contribution is 2.36. The van der Waals surface area contributed by atoms with Gasteiger partial charge in [-0.3, -0.25) is 0 Å². The van der Waals surface area contributed by atoms with Crippen LogP contribution < -0.4 is 0 Å². The van der Waals surface area contributed by atoms with Gasteiger partial charge in [0.05, 0.1) is 0 Å². The van der Waals surface area contributed by atoms with Crippen LogP contribution in [-0.4, -0.2) is 25.0 Å². The number of rotatable bonds is 2. The third-order valence-electron chi connectivity index (χ3n) is 2.77. The van der Waals surface area contributed by atoms with Crippen LogP contribution in [0.3, 0.4) is 0 Å². The van der Waals surface area contributed by atoms with Crippen molar-refractivity contribution in [3.63, 3.8) is 0 Å². The topological polar surface area (TPSA) is 3.24 Å². The third kappa shape index (κ3) is 1.84. The number of nitrogens with zero attached hydrogens (tertiary/aromatic N) is 1. The van der Waals surface area contributed by atoms with Crippen LogP contribution in [-0.2, 0) is 0 Å². The molecule has 0 spiro atoms. The van der Waals surface area contributed by atoms with Gasteiger partial charge in [0.2, 0.25) is 0 Å². The maximum Gasteiger partial charge on any atom is 0.00330 e. The van der Waals surface area contributed by atoms with Crippen molar-refractivity contribution in [2.45, 2.75) is 20.3 Å². The van der Waals surface area contributed by atoms with Gasteiger partial charge < -0.3 is 4.90 Å².